The Morgan fingerprint density at radius 1 is 1.21 bits per heavy atom. The third-order valence-electron chi connectivity index (χ3n) is 4.78. The first kappa shape index (κ1) is 15.1. The predicted octanol–water partition coefficient (Wildman–Crippen LogP) is 4.10. The zero-order valence-electron chi connectivity index (χ0n) is 13.2. The Labute approximate surface area is 140 Å². The molecule has 1 aromatic carbocycles. The highest BCUT2D eigenvalue weighted by Crippen LogP contribution is 2.34. The van der Waals surface area contributed by atoms with E-state index in [1.54, 1.807) is 30.5 Å². The number of ether oxygens (including phenoxy) is 1. The van der Waals surface area contributed by atoms with E-state index in [0.717, 1.165) is 12.8 Å². The first-order chi connectivity index (χ1) is 11.7. The lowest BCUT2D eigenvalue weighted by molar-refractivity contribution is 0.137. The van der Waals surface area contributed by atoms with E-state index in [9.17, 15) is 4.39 Å². The van der Waals surface area contributed by atoms with Gasteiger partial charge in [-0.25, -0.2) is 9.24 Å². The monoisotopic (exact) mass is 323 g/mol. The highest BCUT2D eigenvalue weighted by Gasteiger charge is 2.34. The van der Waals surface area contributed by atoms with E-state index in [1.807, 2.05) is 0 Å². The Kier molecular flexibility index (Phi) is 3.91. The number of halogens is 1. The molecule has 122 valence electrons. The van der Waals surface area contributed by atoms with Crippen LogP contribution in [0.15, 0.2) is 36.5 Å². The van der Waals surface area contributed by atoms with Crippen molar-refractivity contribution < 1.29 is 9.13 Å². The van der Waals surface area contributed by atoms with Crippen LogP contribution in [-0.4, -0.2) is 23.2 Å². The highest BCUT2D eigenvalue weighted by molar-refractivity contribution is 5.68. The number of piperidine rings is 1. The van der Waals surface area contributed by atoms with Gasteiger partial charge in [0, 0.05) is 18.3 Å². The zero-order chi connectivity index (χ0) is 16.5. The number of nitrogens with one attached hydrogen (secondary N) is 1. The van der Waals surface area contributed by atoms with Crippen LogP contribution in [0.25, 0.3) is 16.1 Å². The number of fused-ring (bicyclic) bond motifs is 2. The fraction of sp³-hybridized carbons (Fsp3) is 0.368. The van der Waals surface area contributed by atoms with Crippen molar-refractivity contribution in [1.29, 1.82) is 0 Å². The van der Waals surface area contributed by atoms with Crippen molar-refractivity contribution in [1.82, 2.24) is 10.3 Å². The average molecular weight is 323 g/mol. The van der Waals surface area contributed by atoms with Gasteiger partial charge >= 0.3 is 0 Å². The molecule has 0 amide bonds. The lowest BCUT2D eigenvalue weighted by Gasteiger charge is -2.29. The van der Waals surface area contributed by atoms with Crippen molar-refractivity contribution >= 4 is 5.69 Å². The third kappa shape index (κ3) is 2.98. The molecule has 3 atom stereocenters. The molecule has 2 saturated heterocycles. The molecule has 2 aliphatic rings. The first-order valence-electron chi connectivity index (χ1n) is 8.27. The van der Waals surface area contributed by atoms with Crippen LogP contribution in [0.1, 0.15) is 25.7 Å². The van der Waals surface area contributed by atoms with E-state index in [4.69, 9.17) is 11.3 Å². The van der Waals surface area contributed by atoms with Crippen LogP contribution in [0.2, 0.25) is 0 Å². The number of rotatable bonds is 3. The quantitative estimate of drug-likeness (QED) is 0.864. The number of nitrogens with zero attached hydrogens (tertiary/aromatic N) is 2. The highest BCUT2D eigenvalue weighted by atomic mass is 19.1. The summed E-state index contributed by atoms with van der Waals surface area (Å²) in [4.78, 5) is 7.59. The van der Waals surface area contributed by atoms with Gasteiger partial charge in [0.25, 0.3) is 0 Å². The van der Waals surface area contributed by atoms with Crippen LogP contribution in [0.5, 0.6) is 5.75 Å². The van der Waals surface area contributed by atoms with Crippen LogP contribution in [0.4, 0.5) is 10.1 Å². The fourth-order valence-corrected chi connectivity index (χ4v) is 3.74. The molecular formula is C19H18FN3O. The van der Waals surface area contributed by atoms with Crippen LogP contribution < -0.4 is 10.1 Å². The lowest BCUT2D eigenvalue weighted by atomic mass is 10.0. The normalized spacial score (nSPS) is 25.2. The minimum absolute atomic E-state index is 0.145. The number of benzene rings is 1. The van der Waals surface area contributed by atoms with Gasteiger partial charge in [-0.2, -0.15) is 0 Å². The summed E-state index contributed by atoms with van der Waals surface area (Å²) in [5.41, 5.74) is 1.26. The maximum atomic E-state index is 14.0. The summed E-state index contributed by atoms with van der Waals surface area (Å²) in [6.07, 6.45) is 6.06. The first-order valence-corrected chi connectivity index (χ1v) is 8.27. The smallest absolute Gasteiger partial charge is 0.191 e. The molecular weight excluding hydrogens is 305 g/mol. The number of pyridine rings is 1. The maximum Gasteiger partial charge on any atom is 0.191 e. The fourth-order valence-electron chi connectivity index (χ4n) is 3.74. The Balaban J connectivity index is 1.63. The second-order valence-corrected chi connectivity index (χ2v) is 6.51. The van der Waals surface area contributed by atoms with Crippen LogP contribution in [0.3, 0.4) is 0 Å². The van der Waals surface area contributed by atoms with Gasteiger partial charge in [0.05, 0.1) is 6.57 Å². The van der Waals surface area contributed by atoms with Crippen LogP contribution in [-0.2, 0) is 0 Å². The van der Waals surface area contributed by atoms with Gasteiger partial charge < -0.3 is 10.1 Å². The van der Waals surface area contributed by atoms with Gasteiger partial charge in [-0.1, -0.05) is 0 Å². The summed E-state index contributed by atoms with van der Waals surface area (Å²) >= 11 is 0. The largest absolute Gasteiger partial charge is 0.492 e. The van der Waals surface area contributed by atoms with Crippen LogP contribution >= 0.6 is 0 Å². The third-order valence-corrected chi connectivity index (χ3v) is 4.78. The van der Waals surface area contributed by atoms with E-state index in [-0.39, 0.29) is 11.8 Å². The Hall–Kier alpha value is -2.45. The van der Waals surface area contributed by atoms with Crippen molar-refractivity contribution in [2.75, 3.05) is 0 Å². The Bertz CT molecular complexity index is 789. The standard InChI is InChI=1S/C19H18FN3O/c1-21-15-7-12(19-18(20)3-2-6-22-19)8-16(11-15)24-17-9-13-4-5-14(10-17)23-13/h2-3,6-8,11,13-14,17,23H,4-5,9-10H2/t13-,14+,17?. The van der Waals surface area contributed by atoms with E-state index in [2.05, 4.69) is 15.1 Å². The van der Waals surface area contributed by atoms with Gasteiger partial charge in [0.2, 0.25) is 0 Å². The molecule has 5 heteroatoms. The minimum Gasteiger partial charge on any atom is -0.492 e. The Morgan fingerprint density at radius 2 is 2.00 bits per heavy atom. The second kappa shape index (κ2) is 6.21. The van der Waals surface area contributed by atoms with E-state index >= 15 is 0 Å². The van der Waals surface area contributed by atoms with E-state index in [0.29, 0.717) is 29.1 Å². The van der Waals surface area contributed by atoms with Crippen molar-refractivity contribution in [3.05, 3.63) is 53.8 Å². The van der Waals surface area contributed by atoms with Gasteiger partial charge in [0.1, 0.15) is 23.4 Å². The van der Waals surface area contributed by atoms with E-state index in [1.165, 1.54) is 18.9 Å². The molecule has 1 N–H and O–H groups in total. The summed E-state index contributed by atoms with van der Waals surface area (Å²) in [7, 11) is 0. The maximum absolute atomic E-state index is 14.0. The summed E-state index contributed by atoms with van der Waals surface area (Å²) in [5.74, 6) is 0.223. The summed E-state index contributed by atoms with van der Waals surface area (Å²) < 4.78 is 20.2. The summed E-state index contributed by atoms with van der Waals surface area (Å²) in [6, 6.07) is 9.15. The number of hydrogen-bond acceptors (Lipinski definition) is 3. The topological polar surface area (TPSA) is 38.5 Å². The SMILES string of the molecule is [C-]#[N+]c1cc(OC2C[C@H]3CC[C@@H](C2)N3)cc(-c2ncccc2F)c1. The molecule has 4 nitrogen and oxygen atoms in total. The molecule has 2 bridgehead atoms. The van der Waals surface area contributed by atoms with Gasteiger partial charge in [0.15, 0.2) is 5.69 Å². The molecule has 0 radical (unpaired) electrons. The molecule has 2 aromatic rings. The summed E-state index contributed by atoms with van der Waals surface area (Å²) in [5, 5.41) is 3.59. The molecule has 1 unspecified atom stereocenters. The van der Waals surface area contributed by atoms with Crippen molar-refractivity contribution in [3.63, 3.8) is 0 Å². The van der Waals surface area contributed by atoms with E-state index < -0.39 is 5.82 Å². The van der Waals surface area contributed by atoms with Gasteiger partial charge in [-0.3, -0.25) is 4.98 Å². The molecule has 2 aliphatic heterocycles. The predicted molar refractivity (Wildman–Crippen MR) is 89.5 cm³/mol. The Morgan fingerprint density at radius 3 is 2.71 bits per heavy atom. The summed E-state index contributed by atoms with van der Waals surface area (Å²) in [6.45, 7) is 7.29. The van der Waals surface area contributed by atoms with Crippen molar-refractivity contribution in [2.45, 2.75) is 43.9 Å². The molecule has 4 rings (SSSR count). The van der Waals surface area contributed by atoms with Crippen molar-refractivity contribution in [2.24, 2.45) is 0 Å². The van der Waals surface area contributed by atoms with Crippen LogP contribution in [0, 0.1) is 12.4 Å². The number of aromatic nitrogens is 1. The molecule has 24 heavy (non-hydrogen) atoms. The zero-order valence-corrected chi connectivity index (χ0v) is 13.2. The molecule has 0 spiro atoms. The molecule has 1 aromatic heterocycles. The van der Waals surface area contributed by atoms with Crippen molar-refractivity contribution in [3.8, 4) is 17.0 Å². The minimum atomic E-state index is -0.398. The molecule has 3 heterocycles. The molecule has 0 aliphatic carbocycles. The van der Waals surface area contributed by atoms with Gasteiger partial charge in [-0.05, 0) is 61.6 Å². The second-order valence-electron chi connectivity index (χ2n) is 6.51. The molecule has 2 fully saturated rings. The number of hydrogen-bond donors (Lipinski definition) is 1. The van der Waals surface area contributed by atoms with Gasteiger partial charge in [-0.15, -0.1) is 0 Å². The lowest BCUT2D eigenvalue weighted by Crippen LogP contribution is -2.42. The average Bonchev–Trinajstić information content (AvgIpc) is 2.93. The molecule has 0 saturated carbocycles.